The van der Waals surface area contributed by atoms with Crippen LogP contribution in [0.2, 0.25) is 0 Å². The van der Waals surface area contributed by atoms with E-state index in [1.807, 2.05) is 30.5 Å². The van der Waals surface area contributed by atoms with Gasteiger partial charge in [0.25, 0.3) is 0 Å². The van der Waals surface area contributed by atoms with Crippen LogP contribution in [0.5, 0.6) is 5.88 Å². The summed E-state index contributed by atoms with van der Waals surface area (Å²) in [5.74, 6) is 1.23. The summed E-state index contributed by atoms with van der Waals surface area (Å²) in [6, 6.07) is 8.28. The molecule has 122 valence electrons. The average Bonchev–Trinajstić information content (AvgIpc) is 3.23. The molecular weight excluding hydrogens is 292 g/mol. The second-order valence-corrected chi connectivity index (χ2v) is 6.40. The molecule has 0 unspecified atom stereocenters. The third kappa shape index (κ3) is 3.41. The van der Waals surface area contributed by atoms with E-state index in [0.29, 0.717) is 30.6 Å². The molecule has 5 nitrogen and oxygen atoms in total. The Bertz CT molecular complexity index is 602. The van der Waals surface area contributed by atoms with Gasteiger partial charge in [0.2, 0.25) is 5.88 Å². The molecule has 1 aliphatic heterocycles. The number of furan rings is 1. The molecule has 0 aromatic carbocycles. The van der Waals surface area contributed by atoms with Gasteiger partial charge in [-0.15, -0.1) is 0 Å². The Kier molecular flexibility index (Phi) is 4.30. The second-order valence-electron chi connectivity index (χ2n) is 6.40. The minimum absolute atomic E-state index is 0.327. The van der Waals surface area contributed by atoms with Crippen LogP contribution >= 0.6 is 0 Å². The fraction of sp³-hybridized carbons (Fsp3) is 0.500. The van der Waals surface area contributed by atoms with Gasteiger partial charge in [0.05, 0.1) is 31.8 Å². The molecule has 1 saturated carbocycles. The van der Waals surface area contributed by atoms with Crippen molar-refractivity contribution in [1.82, 2.24) is 9.88 Å². The Morgan fingerprint density at radius 1 is 1.26 bits per heavy atom. The number of fused-ring (bicyclic) bond motifs is 1. The summed E-state index contributed by atoms with van der Waals surface area (Å²) in [7, 11) is 0. The third-order valence-corrected chi connectivity index (χ3v) is 4.82. The smallest absolute Gasteiger partial charge is 0.213 e. The normalized spacial score (nSPS) is 27.7. The molecule has 0 spiro atoms. The molecular formula is C18H22N2O3. The Morgan fingerprint density at radius 2 is 2.26 bits per heavy atom. The van der Waals surface area contributed by atoms with Crippen molar-refractivity contribution in [2.45, 2.75) is 31.5 Å². The van der Waals surface area contributed by atoms with Crippen molar-refractivity contribution in [3.8, 4) is 5.88 Å². The lowest BCUT2D eigenvalue weighted by Gasteiger charge is -2.37. The summed E-state index contributed by atoms with van der Waals surface area (Å²) < 4.78 is 17.0. The Hall–Kier alpha value is -1.85. The number of hydrogen-bond donors (Lipinski definition) is 0. The van der Waals surface area contributed by atoms with E-state index in [2.05, 4.69) is 9.88 Å². The van der Waals surface area contributed by atoms with E-state index in [-0.39, 0.29) is 0 Å². The van der Waals surface area contributed by atoms with Crippen LogP contribution < -0.4 is 4.74 Å². The molecule has 1 aliphatic carbocycles. The van der Waals surface area contributed by atoms with Crippen LogP contribution in [-0.4, -0.2) is 41.8 Å². The molecule has 1 saturated heterocycles. The number of nitrogens with zero attached hydrogens (tertiary/aromatic N) is 2. The van der Waals surface area contributed by atoms with E-state index < -0.39 is 0 Å². The highest BCUT2D eigenvalue weighted by Crippen LogP contribution is 2.35. The zero-order valence-electron chi connectivity index (χ0n) is 13.1. The summed E-state index contributed by atoms with van der Waals surface area (Å²) in [5.41, 5.74) is 1.24. The van der Waals surface area contributed by atoms with Crippen molar-refractivity contribution >= 4 is 0 Å². The van der Waals surface area contributed by atoms with Crippen molar-refractivity contribution < 1.29 is 13.9 Å². The van der Waals surface area contributed by atoms with Gasteiger partial charge in [0, 0.05) is 37.0 Å². The molecule has 2 aromatic heterocycles. The van der Waals surface area contributed by atoms with Gasteiger partial charge in [-0.1, -0.05) is 6.07 Å². The molecule has 5 heteroatoms. The topological polar surface area (TPSA) is 47.7 Å². The summed E-state index contributed by atoms with van der Waals surface area (Å²) in [5, 5.41) is 0. The summed E-state index contributed by atoms with van der Waals surface area (Å²) in [6.45, 7) is 3.45. The Balaban J connectivity index is 1.35. The lowest BCUT2D eigenvalue weighted by molar-refractivity contribution is -0.0590. The minimum Gasteiger partial charge on any atom is -0.477 e. The van der Waals surface area contributed by atoms with Gasteiger partial charge in [-0.05, 0) is 30.9 Å². The van der Waals surface area contributed by atoms with E-state index in [1.165, 1.54) is 5.56 Å². The molecule has 2 fully saturated rings. The predicted octanol–water partition coefficient (Wildman–Crippen LogP) is 2.73. The van der Waals surface area contributed by atoms with E-state index in [0.717, 1.165) is 32.5 Å². The first-order chi connectivity index (χ1) is 11.4. The van der Waals surface area contributed by atoms with Crippen LogP contribution in [0.1, 0.15) is 18.4 Å². The van der Waals surface area contributed by atoms with Gasteiger partial charge in [0.1, 0.15) is 0 Å². The van der Waals surface area contributed by atoms with Gasteiger partial charge in [-0.25, -0.2) is 4.98 Å². The highest BCUT2D eigenvalue weighted by atomic mass is 16.5. The van der Waals surface area contributed by atoms with Gasteiger partial charge in [0.15, 0.2) is 0 Å². The molecule has 2 aliphatic rings. The SMILES string of the molecule is c1ccc(OC[C@@H]2C[C@@H]3OCCN(Cc4ccoc4)[C@@H]3C2)nc1. The maximum atomic E-state index is 6.00. The van der Waals surface area contributed by atoms with Crippen molar-refractivity contribution in [3.63, 3.8) is 0 Å². The molecule has 4 rings (SSSR count). The van der Waals surface area contributed by atoms with Crippen LogP contribution in [-0.2, 0) is 11.3 Å². The number of pyridine rings is 1. The van der Waals surface area contributed by atoms with Crippen molar-refractivity contribution in [2.24, 2.45) is 5.92 Å². The number of rotatable bonds is 5. The minimum atomic E-state index is 0.327. The number of hydrogen-bond acceptors (Lipinski definition) is 5. The summed E-state index contributed by atoms with van der Waals surface area (Å²) in [4.78, 5) is 6.75. The third-order valence-electron chi connectivity index (χ3n) is 4.82. The summed E-state index contributed by atoms with van der Waals surface area (Å²) >= 11 is 0. The molecule has 23 heavy (non-hydrogen) atoms. The number of aromatic nitrogens is 1. The monoisotopic (exact) mass is 314 g/mol. The lowest BCUT2D eigenvalue weighted by atomic mass is 10.1. The second kappa shape index (κ2) is 6.72. The van der Waals surface area contributed by atoms with Crippen molar-refractivity contribution in [1.29, 1.82) is 0 Å². The zero-order valence-corrected chi connectivity index (χ0v) is 13.1. The largest absolute Gasteiger partial charge is 0.477 e. The molecule has 0 amide bonds. The van der Waals surface area contributed by atoms with Crippen LogP contribution in [0.3, 0.4) is 0 Å². The van der Waals surface area contributed by atoms with E-state index in [4.69, 9.17) is 13.9 Å². The molecule has 0 N–H and O–H groups in total. The van der Waals surface area contributed by atoms with Crippen molar-refractivity contribution in [2.75, 3.05) is 19.8 Å². The lowest BCUT2D eigenvalue weighted by Crippen LogP contribution is -2.47. The van der Waals surface area contributed by atoms with Crippen LogP contribution in [0.4, 0.5) is 0 Å². The Morgan fingerprint density at radius 3 is 3.09 bits per heavy atom. The first-order valence-corrected chi connectivity index (χ1v) is 8.29. The molecule has 0 radical (unpaired) electrons. The fourth-order valence-electron chi connectivity index (χ4n) is 3.71. The number of morpholine rings is 1. The van der Waals surface area contributed by atoms with Gasteiger partial charge in [-0.3, -0.25) is 4.90 Å². The predicted molar refractivity (Wildman–Crippen MR) is 85.1 cm³/mol. The summed E-state index contributed by atoms with van der Waals surface area (Å²) in [6.07, 6.45) is 7.86. The quantitative estimate of drug-likeness (QED) is 0.849. The first-order valence-electron chi connectivity index (χ1n) is 8.29. The zero-order chi connectivity index (χ0) is 15.5. The van der Waals surface area contributed by atoms with Gasteiger partial charge < -0.3 is 13.9 Å². The molecule has 3 heterocycles. The standard InChI is InChI=1S/C18H22N2O3/c1-2-5-19-18(3-1)23-13-15-9-16-17(10-15)22-8-6-20(16)11-14-4-7-21-12-14/h1-5,7,12,15-17H,6,8-11,13H2/t15-,16+,17-/m0/s1. The average molecular weight is 314 g/mol. The van der Waals surface area contributed by atoms with Crippen LogP contribution in [0.25, 0.3) is 0 Å². The Labute approximate surface area is 136 Å². The highest BCUT2D eigenvalue weighted by molar-refractivity contribution is 5.10. The fourth-order valence-corrected chi connectivity index (χ4v) is 3.71. The van der Waals surface area contributed by atoms with Gasteiger partial charge in [-0.2, -0.15) is 0 Å². The van der Waals surface area contributed by atoms with E-state index in [1.54, 1.807) is 12.5 Å². The van der Waals surface area contributed by atoms with E-state index in [9.17, 15) is 0 Å². The first kappa shape index (κ1) is 14.7. The maximum absolute atomic E-state index is 6.00. The number of ether oxygens (including phenoxy) is 2. The molecule has 3 atom stereocenters. The van der Waals surface area contributed by atoms with Gasteiger partial charge >= 0.3 is 0 Å². The molecule has 0 bridgehead atoms. The highest BCUT2D eigenvalue weighted by Gasteiger charge is 2.41. The van der Waals surface area contributed by atoms with Crippen molar-refractivity contribution in [3.05, 3.63) is 48.6 Å². The maximum Gasteiger partial charge on any atom is 0.213 e. The van der Waals surface area contributed by atoms with Crippen LogP contribution in [0.15, 0.2) is 47.4 Å². The van der Waals surface area contributed by atoms with E-state index >= 15 is 0 Å². The molecule has 2 aromatic rings. The van der Waals surface area contributed by atoms with Crippen LogP contribution in [0, 0.1) is 5.92 Å².